The molecule has 2 rings (SSSR count). The first kappa shape index (κ1) is 10.5. The van der Waals surface area contributed by atoms with Gasteiger partial charge in [-0.25, -0.2) is 0 Å². The molecule has 0 aliphatic heterocycles. The Balaban J connectivity index is 1.83. The predicted octanol–water partition coefficient (Wildman–Crippen LogP) is 4.08. The molecule has 1 aromatic rings. The lowest BCUT2D eigenvalue weighted by molar-refractivity contribution is 0.661. The van der Waals surface area contributed by atoms with E-state index in [1.54, 1.807) is 0 Å². The molecule has 0 spiro atoms. The van der Waals surface area contributed by atoms with Crippen LogP contribution >= 0.6 is 0 Å². The molecule has 80 valence electrons. The third-order valence-corrected chi connectivity index (χ3v) is 3.74. The SMILES string of the molecule is C=C(C)[C@H]1[C@H](C)[C@@H]1CCc1ccccc1. The molecule has 0 heteroatoms. The summed E-state index contributed by atoms with van der Waals surface area (Å²) in [5.41, 5.74) is 2.85. The monoisotopic (exact) mass is 200 g/mol. The third-order valence-electron chi connectivity index (χ3n) is 3.74. The minimum atomic E-state index is 0.800. The van der Waals surface area contributed by atoms with E-state index in [1.807, 2.05) is 0 Å². The maximum atomic E-state index is 4.07. The van der Waals surface area contributed by atoms with Gasteiger partial charge in [-0.3, -0.25) is 0 Å². The summed E-state index contributed by atoms with van der Waals surface area (Å²) >= 11 is 0. The largest absolute Gasteiger partial charge is 0.0998 e. The molecule has 0 heterocycles. The van der Waals surface area contributed by atoms with Gasteiger partial charge in [-0.15, -0.1) is 0 Å². The summed E-state index contributed by atoms with van der Waals surface area (Å²) in [6.45, 7) is 8.60. The summed E-state index contributed by atoms with van der Waals surface area (Å²) < 4.78 is 0. The first-order valence-electron chi connectivity index (χ1n) is 5.89. The topological polar surface area (TPSA) is 0 Å². The van der Waals surface area contributed by atoms with Crippen LogP contribution < -0.4 is 0 Å². The molecule has 1 aliphatic carbocycles. The van der Waals surface area contributed by atoms with Gasteiger partial charge in [-0.1, -0.05) is 49.4 Å². The predicted molar refractivity (Wildman–Crippen MR) is 65.7 cm³/mol. The van der Waals surface area contributed by atoms with Crippen molar-refractivity contribution in [2.75, 3.05) is 0 Å². The Labute approximate surface area is 93.0 Å². The smallest absolute Gasteiger partial charge is 0.0149 e. The molecule has 15 heavy (non-hydrogen) atoms. The molecule has 0 bridgehead atoms. The van der Waals surface area contributed by atoms with Crippen LogP contribution in [-0.4, -0.2) is 0 Å². The number of allylic oxidation sites excluding steroid dienone is 1. The summed E-state index contributed by atoms with van der Waals surface area (Å²) in [5, 5.41) is 0. The minimum absolute atomic E-state index is 0.800. The van der Waals surface area contributed by atoms with Gasteiger partial charge in [-0.2, -0.15) is 0 Å². The Morgan fingerprint density at radius 1 is 1.27 bits per heavy atom. The third kappa shape index (κ3) is 2.31. The van der Waals surface area contributed by atoms with Crippen LogP contribution in [0.15, 0.2) is 42.5 Å². The normalized spacial score (nSPS) is 28.8. The van der Waals surface area contributed by atoms with Gasteiger partial charge in [0.05, 0.1) is 0 Å². The number of hydrogen-bond donors (Lipinski definition) is 0. The lowest BCUT2D eigenvalue weighted by Gasteiger charge is -2.00. The van der Waals surface area contributed by atoms with Gasteiger partial charge in [-0.05, 0) is 43.1 Å². The average molecular weight is 200 g/mol. The maximum absolute atomic E-state index is 4.07. The van der Waals surface area contributed by atoms with E-state index < -0.39 is 0 Å². The molecule has 0 amide bonds. The molecule has 1 aromatic carbocycles. The Morgan fingerprint density at radius 3 is 2.47 bits per heavy atom. The highest BCUT2D eigenvalue weighted by Crippen LogP contribution is 2.52. The van der Waals surface area contributed by atoms with Gasteiger partial charge in [0.15, 0.2) is 0 Å². The van der Waals surface area contributed by atoms with Crippen LogP contribution in [-0.2, 0) is 6.42 Å². The van der Waals surface area contributed by atoms with Crippen LogP contribution in [0.5, 0.6) is 0 Å². The van der Waals surface area contributed by atoms with Crippen LogP contribution in [0.4, 0.5) is 0 Å². The Hall–Kier alpha value is -1.04. The number of hydrogen-bond acceptors (Lipinski definition) is 0. The van der Waals surface area contributed by atoms with Gasteiger partial charge in [0.1, 0.15) is 0 Å². The van der Waals surface area contributed by atoms with Crippen molar-refractivity contribution in [2.24, 2.45) is 17.8 Å². The maximum Gasteiger partial charge on any atom is -0.0149 e. The molecular formula is C15H20. The van der Waals surface area contributed by atoms with Crippen LogP contribution in [0.2, 0.25) is 0 Å². The van der Waals surface area contributed by atoms with Crippen molar-refractivity contribution in [3.05, 3.63) is 48.0 Å². The molecule has 0 nitrogen and oxygen atoms in total. The summed E-state index contributed by atoms with van der Waals surface area (Å²) in [4.78, 5) is 0. The van der Waals surface area contributed by atoms with Crippen LogP contribution in [0.1, 0.15) is 25.8 Å². The van der Waals surface area contributed by atoms with Crippen molar-refractivity contribution in [1.82, 2.24) is 0 Å². The highest BCUT2D eigenvalue weighted by molar-refractivity contribution is 5.17. The number of rotatable bonds is 4. The fourth-order valence-corrected chi connectivity index (χ4v) is 2.78. The molecule has 1 aliphatic rings. The molecule has 0 unspecified atom stereocenters. The van der Waals surface area contributed by atoms with Crippen molar-refractivity contribution in [3.63, 3.8) is 0 Å². The Morgan fingerprint density at radius 2 is 1.93 bits per heavy atom. The minimum Gasteiger partial charge on any atom is -0.0998 e. The molecule has 3 atom stereocenters. The molecule has 1 fully saturated rings. The van der Waals surface area contributed by atoms with Crippen LogP contribution in [0.3, 0.4) is 0 Å². The van der Waals surface area contributed by atoms with Crippen molar-refractivity contribution in [1.29, 1.82) is 0 Å². The molecule has 0 N–H and O–H groups in total. The highest BCUT2D eigenvalue weighted by Gasteiger charge is 2.45. The van der Waals surface area contributed by atoms with Crippen molar-refractivity contribution >= 4 is 0 Å². The second kappa shape index (κ2) is 4.22. The number of benzene rings is 1. The van der Waals surface area contributed by atoms with Gasteiger partial charge < -0.3 is 0 Å². The van der Waals surface area contributed by atoms with E-state index in [2.05, 4.69) is 50.8 Å². The Bertz CT molecular complexity index is 336. The number of aryl methyl sites for hydroxylation is 1. The second-order valence-electron chi connectivity index (χ2n) is 4.92. The van der Waals surface area contributed by atoms with E-state index in [-0.39, 0.29) is 0 Å². The van der Waals surface area contributed by atoms with E-state index in [0.717, 1.165) is 17.8 Å². The lowest BCUT2D eigenvalue weighted by atomic mass is 10.1. The molecule has 0 aromatic heterocycles. The summed E-state index contributed by atoms with van der Waals surface area (Å²) in [6.07, 6.45) is 2.54. The fourth-order valence-electron chi connectivity index (χ4n) is 2.78. The van der Waals surface area contributed by atoms with Crippen molar-refractivity contribution < 1.29 is 0 Å². The van der Waals surface area contributed by atoms with E-state index in [0.29, 0.717) is 0 Å². The zero-order valence-electron chi connectivity index (χ0n) is 9.74. The zero-order chi connectivity index (χ0) is 10.8. The Kier molecular flexibility index (Phi) is 2.95. The van der Waals surface area contributed by atoms with Crippen LogP contribution in [0.25, 0.3) is 0 Å². The fraction of sp³-hybridized carbons (Fsp3) is 0.467. The highest BCUT2D eigenvalue weighted by atomic mass is 14.5. The van der Waals surface area contributed by atoms with Gasteiger partial charge >= 0.3 is 0 Å². The van der Waals surface area contributed by atoms with E-state index in [9.17, 15) is 0 Å². The van der Waals surface area contributed by atoms with Gasteiger partial charge in [0.25, 0.3) is 0 Å². The summed E-state index contributed by atoms with van der Waals surface area (Å²) in [5.74, 6) is 2.56. The lowest BCUT2D eigenvalue weighted by Crippen LogP contribution is -1.89. The zero-order valence-corrected chi connectivity index (χ0v) is 9.74. The standard InChI is InChI=1S/C15H20/c1-11(2)15-12(3)14(15)10-9-13-7-5-4-6-8-13/h4-8,12,14-15H,1,9-10H2,2-3H3/t12-,14+,15+/m1/s1. The van der Waals surface area contributed by atoms with Gasteiger partial charge in [0, 0.05) is 0 Å². The summed E-state index contributed by atoms with van der Waals surface area (Å²) in [7, 11) is 0. The quantitative estimate of drug-likeness (QED) is 0.642. The first-order valence-corrected chi connectivity index (χ1v) is 5.89. The van der Waals surface area contributed by atoms with Crippen molar-refractivity contribution in [2.45, 2.75) is 26.7 Å². The molecular weight excluding hydrogens is 180 g/mol. The average Bonchev–Trinajstić information content (AvgIpc) is 2.88. The van der Waals surface area contributed by atoms with E-state index >= 15 is 0 Å². The molecule has 1 saturated carbocycles. The molecule has 0 radical (unpaired) electrons. The van der Waals surface area contributed by atoms with E-state index in [4.69, 9.17) is 0 Å². The van der Waals surface area contributed by atoms with Crippen LogP contribution in [0, 0.1) is 17.8 Å². The van der Waals surface area contributed by atoms with Gasteiger partial charge in [0.2, 0.25) is 0 Å². The summed E-state index contributed by atoms with van der Waals surface area (Å²) in [6, 6.07) is 10.8. The molecule has 0 saturated heterocycles. The first-order chi connectivity index (χ1) is 7.20. The van der Waals surface area contributed by atoms with Crippen molar-refractivity contribution in [3.8, 4) is 0 Å². The van der Waals surface area contributed by atoms with E-state index in [1.165, 1.54) is 24.0 Å². The second-order valence-corrected chi connectivity index (χ2v) is 4.92.